The summed E-state index contributed by atoms with van der Waals surface area (Å²) in [6.07, 6.45) is 0.308. The topological polar surface area (TPSA) is 65.1 Å². The van der Waals surface area contributed by atoms with Crippen molar-refractivity contribution in [1.29, 1.82) is 0 Å². The third kappa shape index (κ3) is 3.55. The smallest absolute Gasteiger partial charge is 0.306 e. The average molecular weight is 337 g/mol. The van der Waals surface area contributed by atoms with Crippen LogP contribution in [0.1, 0.15) is 30.7 Å². The minimum absolute atomic E-state index is 0.0225. The fourth-order valence-corrected chi connectivity index (χ4v) is 3.92. The lowest BCUT2D eigenvalue weighted by molar-refractivity contribution is -0.145. The van der Waals surface area contributed by atoms with Crippen molar-refractivity contribution in [2.75, 3.05) is 25.7 Å². The Hall–Kier alpha value is -1.89. The fourth-order valence-electron chi connectivity index (χ4n) is 2.65. The van der Waals surface area contributed by atoms with E-state index in [9.17, 15) is 9.59 Å². The first-order valence-corrected chi connectivity index (χ1v) is 8.70. The summed E-state index contributed by atoms with van der Waals surface area (Å²) in [5.74, 6) is 1.98. The van der Waals surface area contributed by atoms with Gasteiger partial charge in [-0.1, -0.05) is 6.07 Å². The Kier molecular flexibility index (Phi) is 4.95. The van der Waals surface area contributed by atoms with Gasteiger partial charge < -0.3 is 19.1 Å². The van der Waals surface area contributed by atoms with Gasteiger partial charge in [-0.3, -0.25) is 9.59 Å². The molecule has 1 saturated heterocycles. The van der Waals surface area contributed by atoms with E-state index in [1.807, 2.05) is 23.1 Å². The first-order valence-electron chi connectivity index (χ1n) is 7.65. The van der Waals surface area contributed by atoms with Gasteiger partial charge >= 0.3 is 5.97 Å². The Morgan fingerprint density at radius 3 is 2.96 bits per heavy atom. The fraction of sp³-hybridized carbons (Fsp3) is 0.500. The Balaban J connectivity index is 1.65. The van der Waals surface area contributed by atoms with Gasteiger partial charge in [0, 0.05) is 18.7 Å². The number of esters is 1. The lowest BCUT2D eigenvalue weighted by atomic mass is 10.1. The standard InChI is InChI=1S/C16H19NO5S/c1-2-20-15(19)6-5-14(18)17-7-8-23-16(17)11-3-4-12-13(9-11)22-10-21-12/h3-4,9,16H,2,5-8,10H2,1H3/t16-/m0/s1. The number of rotatable bonds is 5. The van der Waals surface area contributed by atoms with Crippen molar-refractivity contribution in [3.05, 3.63) is 23.8 Å². The number of ether oxygens (including phenoxy) is 3. The van der Waals surface area contributed by atoms with Crippen LogP contribution in [0.15, 0.2) is 18.2 Å². The Morgan fingerprint density at radius 1 is 1.30 bits per heavy atom. The third-order valence-corrected chi connectivity index (χ3v) is 5.00. The Morgan fingerprint density at radius 2 is 2.13 bits per heavy atom. The number of carbonyl (C=O) groups excluding carboxylic acids is 2. The third-order valence-electron chi connectivity index (χ3n) is 3.74. The van der Waals surface area contributed by atoms with Gasteiger partial charge in [-0.2, -0.15) is 0 Å². The minimum atomic E-state index is -0.327. The van der Waals surface area contributed by atoms with E-state index in [0.717, 1.165) is 17.1 Å². The highest BCUT2D eigenvalue weighted by Crippen LogP contribution is 2.42. The van der Waals surface area contributed by atoms with E-state index in [1.165, 1.54) is 0 Å². The van der Waals surface area contributed by atoms with Crippen LogP contribution in [0.25, 0.3) is 0 Å². The molecule has 0 radical (unpaired) electrons. The zero-order chi connectivity index (χ0) is 16.2. The number of thioether (sulfide) groups is 1. The van der Waals surface area contributed by atoms with E-state index >= 15 is 0 Å². The number of fused-ring (bicyclic) bond motifs is 1. The molecule has 3 rings (SSSR count). The molecule has 23 heavy (non-hydrogen) atoms. The van der Waals surface area contributed by atoms with E-state index in [-0.39, 0.29) is 36.9 Å². The SMILES string of the molecule is CCOC(=O)CCC(=O)N1CCS[C@H]1c1ccc2c(c1)OCO2. The molecule has 1 aromatic carbocycles. The van der Waals surface area contributed by atoms with Crippen LogP contribution < -0.4 is 9.47 Å². The highest BCUT2D eigenvalue weighted by Gasteiger charge is 2.31. The monoisotopic (exact) mass is 337 g/mol. The van der Waals surface area contributed by atoms with E-state index in [2.05, 4.69) is 0 Å². The maximum atomic E-state index is 12.4. The predicted octanol–water partition coefficient (Wildman–Crippen LogP) is 2.33. The van der Waals surface area contributed by atoms with Crippen LogP contribution in [0, 0.1) is 0 Å². The van der Waals surface area contributed by atoms with Crippen molar-refractivity contribution in [2.45, 2.75) is 25.1 Å². The maximum absolute atomic E-state index is 12.4. The molecular formula is C16H19NO5S. The summed E-state index contributed by atoms with van der Waals surface area (Å²) in [4.78, 5) is 25.7. The summed E-state index contributed by atoms with van der Waals surface area (Å²) in [6, 6.07) is 5.76. The molecule has 1 atom stereocenters. The molecule has 0 saturated carbocycles. The molecule has 2 heterocycles. The summed E-state index contributed by atoms with van der Waals surface area (Å²) in [5.41, 5.74) is 1.02. The zero-order valence-corrected chi connectivity index (χ0v) is 13.8. The van der Waals surface area contributed by atoms with Crippen LogP contribution in [0.4, 0.5) is 0 Å². The van der Waals surface area contributed by atoms with Crippen LogP contribution >= 0.6 is 11.8 Å². The van der Waals surface area contributed by atoms with E-state index in [1.54, 1.807) is 18.7 Å². The molecule has 1 amide bonds. The maximum Gasteiger partial charge on any atom is 0.306 e. The minimum Gasteiger partial charge on any atom is -0.466 e. The van der Waals surface area contributed by atoms with Crippen molar-refractivity contribution < 1.29 is 23.8 Å². The number of carbonyl (C=O) groups is 2. The second-order valence-electron chi connectivity index (χ2n) is 5.23. The molecule has 0 N–H and O–H groups in total. The molecule has 2 aliphatic heterocycles. The first kappa shape index (κ1) is 16.0. The van der Waals surface area contributed by atoms with E-state index in [0.29, 0.717) is 18.9 Å². The molecular weight excluding hydrogens is 318 g/mol. The largest absolute Gasteiger partial charge is 0.466 e. The summed E-state index contributed by atoms with van der Waals surface area (Å²) in [5, 5.41) is -0.0424. The summed E-state index contributed by atoms with van der Waals surface area (Å²) < 4.78 is 15.6. The van der Waals surface area contributed by atoms with Crippen molar-refractivity contribution in [2.24, 2.45) is 0 Å². The van der Waals surface area contributed by atoms with Crippen LogP contribution in [0.3, 0.4) is 0 Å². The molecule has 1 fully saturated rings. The number of amides is 1. The zero-order valence-electron chi connectivity index (χ0n) is 12.9. The highest BCUT2D eigenvalue weighted by molar-refractivity contribution is 7.99. The molecule has 0 aromatic heterocycles. The molecule has 0 bridgehead atoms. The van der Waals surface area contributed by atoms with Gasteiger partial charge in [0.15, 0.2) is 11.5 Å². The number of hydrogen-bond donors (Lipinski definition) is 0. The van der Waals surface area contributed by atoms with Crippen molar-refractivity contribution in [3.63, 3.8) is 0 Å². The average Bonchev–Trinajstić information content (AvgIpc) is 3.20. The Bertz CT molecular complexity index is 606. The van der Waals surface area contributed by atoms with E-state index < -0.39 is 0 Å². The lowest BCUT2D eigenvalue weighted by Crippen LogP contribution is -2.30. The van der Waals surface area contributed by atoms with Gasteiger partial charge in [0.25, 0.3) is 0 Å². The summed E-state index contributed by atoms with van der Waals surface area (Å²) in [7, 11) is 0. The highest BCUT2D eigenvalue weighted by atomic mass is 32.2. The first-order chi connectivity index (χ1) is 11.2. The number of hydrogen-bond acceptors (Lipinski definition) is 6. The summed E-state index contributed by atoms with van der Waals surface area (Å²) in [6.45, 7) is 3.02. The van der Waals surface area contributed by atoms with E-state index in [4.69, 9.17) is 14.2 Å². The van der Waals surface area contributed by atoms with Crippen molar-refractivity contribution in [3.8, 4) is 11.5 Å². The molecule has 2 aliphatic rings. The van der Waals surface area contributed by atoms with Gasteiger partial charge in [-0.05, 0) is 24.6 Å². The molecule has 1 aromatic rings. The van der Waals surface area contributed by atoms with Crippen LogP contribution in [-0.4, -0.2) is 42.5 Å². The number of benzene rings is 1. The van der Waals surface area contributed by atoms with Gasteiger partial charge in [-0.15, -0.1) is 11.8 Å². The van der Waals surface area contributed by atoms with Gasteiger partial charge in [0.05, 0.1) is 13.0 Å². The molecule has 0 spiro atoms. The Labute approximate surface area is 139 Å². The second kappa shape index (κ2) is 7.12. The van der Waals surface area contributed by atoms with Crippen molar-refractivity contribution >= 4 is 23.6 Å². The lowest BCUT2D eigenvalue weighted by Gasteiger charge is -2.24. The van der Waals surface area contributed by atoms with Crippen LogP contribution in [0.5, 0.6) is 11.5 Å². The molecule has 124 valence electrons. The van der Waals surface area contributed by atoms with Gasteiger partial charge in [0.1, 0.15) is 5.37 Å². The quantitative estimate of drug-likeness (QED) is 0.769. The van der Waals surface area contributed by atoms with Crippen LogP contribution in [-0.2, 0) is 14.3 Å². The van der Waals surface area contributed by atoms with Gasteiger partial charge in [-0.25, -0.2) is 0 Å². The predicted molar refractivity (Wildman–Crippen MR) is 85.3 cm³/mol. The normalized spacial score (nSPS) is 19.0. The summed E-state index contributed by atoms with van der Waals surface area (Å²) >= 11 is 1.71. The molecule has 6 nitrogen and oxygen atoms in total. The van der Waals surface area contributed by atoms with Gasteiger partial charge in [0.2, 0.25) is 12.7 Å². The second-order valence-corrected chi connectivity index (χ2v) is 6.42. The molecule has 7 heteroatoms. The number of nitrogens with zero attached hydrogens (tertiary/aromatic N) is 1. The van der Waals surface area contributed by atoms with Crippen LogP contribution in [0.2, 0.25) is 0 Å². The molecule has 0 aliphatic carbocycles. The van der Waals surface area contributed by atoms with Crippen molar-refractivity contribution in [1.82, 2.24) is 4.90 Å². The molecule has 0 unspecified atom stereocenters.